The third-order valence-electron chi connectivity index (χ3n) is 6.53. The van der Waals surface area contributed by atoms with Crippen LogP contribution in [0.1, 0.15) is 48.8 Å². The van der Waals surface area contributed by atoms with E-state index >= 15 is 0 Å². The smallest absolute Gasteiger partial charge is 0.307 e. The second-order valence-electron chi connectivity index (χ2n) is 7.57. The molecule has 1 aromatic rings. The average molecular weight is 299 g/mol. The molecule has 0 aromatic heterocycles. The molecule has 3 atom stereocenters. The average Bonchev–Trinajstić information content (AvgIpc) is 2.51. The third-order valence-corrected chi connectivity index (χ3v) is 6.53. The van der Waals surface area contributed by atoms with Crippen molar-refractivity contribution in [1.82, 2.24) is 4.90 Å². The summed E-state index contributed by atoms with van der Waals surface area (Å²) in [6, 6.07) is 7.17. The summed E-state index contributed by atoms with van der Waals surface area (Å²) < 4.78 is 0. The standard InChI is InChI=1S/C19H25NO2/c1-20-9-8-19-7-3-2-4-15(19)17(20)12-14-6-5-13(10-16(14)19)11-18(21)22/h5-6,10,15,17H,2-4,7-9,11-12H2,1H3,(H,21,22)/t15-,17?,19?/m1/s1. The van der Waals surface area contributed by atoms with Gasteiger partial charge in [0.05, 0.1) is 6.42 Å². The van der Waals surface area contributed by atoms with Crippen LogP contribution < -0.4 is 0 Å². The lowest BCUT2D eigenvalue weighted by Gasteiger charge is -2.58. The number of hydrogen-bond acceptors (Lipinski definition) is 2. The van der Waals surface area contributed by atoms with E-state index in [9.17, 15) is 4.79 Å². The Labute approximate surface area is 132 Å². The maximum atomic E-state index is 11.1. The van der Waals surface area contributed by atoms with Gasteiger partial charge in [-0.2, -0.15) is 0 Å². The summed E-state index contributed by atoms with van der Waals surface area (Å²) in [6.45, 7) is 1.18. The molecule has 2 aliphatic carbocycles. The Morgan fingerprint density at radius 2 is 2.23 bits per heavy atom. The van der Waals surface area contributed by atoms with Gasteiger partial charge in [-0.05, 0) is 61.9 Å². The fraction of sp³-hybridized carbons (Fsp3) is 0.632. The quantitative estimate of drug-likeness (QED) is 0.912. The molecule has 2 fully saturated rings. The van der Waals surface area contributed by atoms with Crippen LogP contribution in [0.4, 0.5) is 0 Å². The molecule has 1 saturated heterocycles. The zero-order valence-corrected chi connectivity index (χ0v) is 13.3. The van der Waals surface area contributed by atoms with Gasteiger partial charge >= 0.3 is 5.97 Å². The van der Waals surface area contributed by atoms with Crippen LogP contribution in [0.2, 0.25) is 0 Å². The van der Waals surface area contributed by atoms with Gasteiger partial charge in [0.25, 0.3) is 0 Å². The van der Waals surface area contributed by atoms with E-state index in [1.165, 1.54) is 49.8 Å². The lowest BCUT2D eigenvalue weighted by molar-refractivity contribution is -0.136. The van der Waals surface area contributed by atoms with E-state index in [1.54, 1.807) is 0 Å². The maximum absolute atomic E-state index is 11.1. The molecule has 1 aromatic carbocycles. The van der Waals surface area contributed by atoms with Crippen LogP contribution in [0, 0.1) is 5.92 Å². The largest absolute Gasteiger partial charge is 0.481 e. The van der Waals surface area contributed by atoms with Gasteiger partial charge in [0, 0.05) is 11.5 Å². The molecule has 4 rings (SSSR count). The molecular weight excluding hydrogens is 274 g/mol. The van der Waals surface area contributed by atoms with Crippen LogP contribution in [0.3, 0.4) is 0 Å². The van der Waals surface area contributed by atoms with Crippen LogP contribution in [-0.2, 0) is 23.1 Å². The fourth-order valence-corrected chi connectivity index (χ4v) is 5.53. The molecule has 3 heteroatoms. The first kappa shape index (κ1) is 14.3. The van der Waals surface area contributed by atoms with Crippen LogP contribution in [0.15, 0.2) is 18.2 Å². The first-order valence-electron chi connectivity index (χ1n) is 8.64. The second-order valence-corrected chi connectivity index (χ2v) is 7.57. The Kier molecular flexibility index (Phi) is 3.30. The van der Waals surface area contributed by atoms with E-state index < -0.39 is 5.97 Å². The number of carbonyl (C=O) groups is 1. The first-order valence-corrected chi connectivity index (χ1v) is 8.64. The van der Waals surface area contributed by atoms with Gasteiger partial charge < -0.3 is 10.0 Å². The molecule has 2 bridgehead atoms. The van der Waals surface area contributed by atoms with Gasteiger partial charge in [-0.3, -0.25) is 4.79 Å². The Morgan fingerprint density at radius 3 is 3.05 bits per heavy atom. The fourth-order valence-electron chi connectivity index (χ4n) is 5.53. The van der Waals surface area contributed by atoms with Gasteiger partial charge in [0.2, 0.25) is 0 Å². The predicted octanol–water partition coefficient (Wildman–Crippen LogP) is 3.00. The number of likely N-dealkylation sites (N-methyl/N-ethyl adjacent to an activating group) is 1. The number of fused-ring (bicyclic) bond motifs is 1. The normalized spacial score (nSPS) is 33.9. The summed E-state index contributed by atoms with van der Waals surface area (Å²) in [5.74, 6) is 0.0438. The molecule has 3 nitrogen and oxygen atoms in total. The van der Waals surface area contributed by atoms with E-state index in [0.29, 0.717) is 11.5 Å². The molecule has 0 spiro atoms. The van der Waals surface area contributed by atoms with Gasteiger partial charge in [-0.1, -0.05) is 31.0 Å². The van der Waals surface area contributed by atoms with Crippen LogP contribution >= 0.6 is 0 Å². The van der Waals surface area contributed by atoms with Crippen molar-refractivity contribution in [2.45, 2.75) is 56.4 Å². The van der Waals surface area contributed by atoms with Crippen molar-refractivity contribution in [3.05, 3.63) is 34.9 Å². The molecular formula is C19H25NO2. The predicted molar refractivity (Wildman–Crippen MR) is 86.2 cm³/mol. The summed E-state index contributed by atoms with van der Waals surface area (Å²) in [6.07, 6.45) is 7.87. The van der Waals surface area contributed by atoms with Crippen molar-refractivity contribution in [2.75, 3.05) is 13.6 Å². The summed E-state index contributed by atoms with van der Waals surface area (Å²) in [4.78, 5) is 13.6. The number of rotatable bonds is 2. The molecule has 118 valence electrons. The Bertz CT molecular complexity index is 611. The van der Waals surface area contributed by atoms with Crippen molar-refractivity contribution in [3.8, 4) is 0 Å². The van der Waals surface area contributed by atoms with Crippen molar-refractivity contribution in [3.63, 3.8) is 0 Å². The lowest BCUT2D eigenvalue weighted by Crippen LogP contribution is -2.59. The maximum Gasteiger partial charge on any atom is 0.307 e. The van der Waals surface area contributed by atoms with Gasteiger partial charge in [0.15, 0.2) is 0 Å². The molecule has 0 amide bonds. The highest BCUT2D eigenvalue weighted by Crippen LogP contribution is 2.55. The van der Waals surface area contributed by atoms with E-state index in [-0.39, 0.29) is 6.42 Å². The molecule has 2 unspecified atom stereocenters. The van der Waals surface area contributed by atoms with Gasteiger partial charge in [0.1, 0.15) is 0 Å². The number of aliphatic carboxylic acids is 1. The Morgan fingerprint density at radius 1 is 1.36 bits per heavy atom. The summed E-state index contributed by atoms with van der Waals surface area (Å²) >= 11 is 0. The van der Waals surface area contributed by atoms with E-state index in [4.69, 9.17) is 5.11 Å². The van der Waals surface area contributed by atoms with E-state index in [0.717, 1.165) is 17.9 Å². The van der Waals surface area contributed by atoms with Crippen LogP contribution in [-0.4, -0.2) is 35.6 Å². The number of hydrogen-bond donors (Lipinski definition) is 1. The Balaban J connectivity index is 1.82. The van der Waals surface area contributed by atoms with Crippen molar-refractivity contribution in [1.29, 1.82) is 0 Å². The van der Waals surface area contributed by atoms with Gasteiger partial charge in [-0.15, -0.1) is 0 Å². The highest BCUT2D eigenvalue weighted by molar-refractivity contribution is 5.70. The topological polar surface area (TPSA) is 40.5 Å². The highest BCUT2D eigenvalue weighted by atomic mass is 16.4. The lowest BCUT2D eigenvalue weighted by atomic mass is 9.52. The zero-order valence-electron chi connectivity index (χ0n) is 13.3. The van der Waals surface area contributed by atoms with Crippen molar-refractivity contribution < 1.29 is 9.90 Å². The second kappa shape index (κ2) is 5.09. The summed E-state index contributed by atoms with van der Waals surface area (Å²) in [5.41, 5.74) is 4.28. The first-order chi connectivity index (χ1) is 10.6. The van der Waals surface area contributed by atoms with Gasteiger partial charge in [-0.25, -0.2) is 0 Å². The SMILES string of the molecule is CN1CCC23CCCC[C@@H]2C1Cc1ccc(CC(=O)O)cc13. The number of nitrogens with zero attached hydrogens (tertiary/aromatic N) is 1. The Hall–Kier alpha value is -1.35. The minimum absolute atomic E-state index is 0.150. The van der Waals surface area contributed by atoms with Crippen LogP contribution in [0.5, 0.6) is 0 Å². The molecule has 1 saturated carbocycles. The molecule has 1 heterocycles. The summed E-state index contributed by atoms with van der Waals surface area (Å²) in [7, 11) is 2.28. The number of piperidine rings is 1. The number of likely N-dealkylation sites (tertiary alicyclic amines) is 1. The molecule has 3 aliphatic rings. The van der Waals surface area contributed by atoms with Crippen LogP contribution in [0.25, 0.3) is 0 Å². The molecule has 0 radical (unpaired) electrons. The molecule has 1 aliphatic heterocycles. The monoisotopic (exact) mass is 299 g/mol. The van der Waals surface area contributed by atoms with Crippen molar-refractivity contribution in [2.24, 2.45) is 5.92 Å². The molecule has 1 N–H and O–H groups in total. The third kappa shape index (κ3) is 2.02. The van der Waals surface area contributed by atoms with E-state index in [2.05, 4.69) is 24.1 Å². The molecule has 22 heavy (non-hydrogen) atoms. The van der Waals surface area contributed by atoms with E-state index in [1.807, 2.05) is 6.07 Å². The van der Waals surface area contributed by atoms with Crippen molar-refractivity contribution >= 4 is 5.97 Å². The number of carboxylic acids is 1. The highest BCUT2D eigenvalue weighted by Gasteiger charge is 2.52. The minimum atomic E-state index is -0.727. The minimum Gasteiger partial charge on any atom is -0.481 e. The zero-order chi connectivity index (χ0) is 15.3. The summed E-state index contributed by atoms with van der Waals surface area (Å²) in [5, 5.41) is 9.11. The number of carboxylic acid groups (broad SMARTS) is 1. The number of benzene rings is 1.